The summed E-state index contributed by atoms with van der Waals surface area (Å²) < 4.78 is 0. The molecule has 1 aromatic heterocycles. The molecule has 0 fully saturated rings. The van der Waals surface area contributed by atoms with E-state index < -0.39 is 0 Å². The monoisotopic (exact) mass is 675 g/mol. The van der Waals surface area contributed by atoms with Crippen LogP contribution in [-0.2, 0) is 77.1 Å². The summed E-state index contributed by atoms with van der Waals surface area (Å²) in [5.41, 5.74) is 4.14. The molecule has 2 aromatic carbocycles. The molecule has 0 saturated carbocycles. The Hall–Kier alpha value is -0.633. The molecule has 0 aliphatic carbocycles. The van der Waals surface area contributed by atoms with Crippen LogP contribution in [0.5, 0.6) is 0 Å². The number of aromatic nitrogens is 2. The van der Waals surface area contributed by atoms with Gasteiger partial charge in [-0.25, -0.2) is 0 Å². The minimum absolute atomic E-state index is 0. The number of rotatable bonds is 2. The maximum absolute atomic E-state index is 8.24. The van der Waals surface area contributed by atoms with Crippen LogP contribution in [0, 0.1) is 13.8 Å². The van der Waals surface area contributed by atoms with Crippen molar-refractivity contribution >= 4 is 6.47 Å². The Labute approximate surface area is 227 Å². The Balaban J connectivity index is -0.000000158. The van der Waals surface area contributed by atoms with Crippen molar-refractivity contribution in [3.63, 3.8) is 0 Å². The van der Waals surface area contributed by atoms with Crippen molar-refractivity contribution in [2.75, 3.05) is 0 Å². The molecule has 154 valence electrons. The number of nitrogens with zero attached hydrogens (tertiary/aromatic N) is 2. The smallest absolute Gasteiger partial charge is 0.0219 e. The predicted molar refractivity (Wildman–Crippen MR) is 109 cm³/mol. The molecule has 0 aliphatic heterocycles. The van der Waals surface area contributed by atoms with E-state index in [0.717, 1.165) is 22.4 Å². The Morgan fingerprint density at radius 1 is 0.862 bits per heavy atom. The Kier molecular flexibility index (Phi) is 36.7. The topological polar surface area (TPSA) is 63.1 Å². The molecule has 29 heavy (non-hydrogen) atoms. The molecule has 4 nitrogen and oxygen atoms in total. The zero-order valence-electron chi connectivity index (χ0n) is 17.5. The van der Waals surface area contributed by atoms with E-state index in [1.807, 2.05) is 82.4 Å². The van der Waals surface area contributed by atoms with Gasteiger partial charge in [-0.05, 0) is 11.3 Å². The predicted octanol–water partition coefficient (Wildman–Crippen LogP) is 5.72. The molecule has 0 spiro atoms. The second kappa shape index (κ2) is 27.4. The van der Waals surface area contributed by atoms with Gasteiger partial charge in [-0.3, -0.25) is 0 Å². The summed E-state index contributed by atoms with van der Waals surface area (Å²) in [6.07, 6.45) is 4.48. The van der Waals surface area contributed by atoms with Crippen LogP contribution in [0.25, 0.3) is 22.4 Å². The zero-order chi connectivity index (χ0) is 18.9. The third-order valence-electron chi connectivity index (χ3n) is 2.80. The van der Waals surface area contributed by atoms with Gasteiger partial charge < -0.3 is 27.3 Å². The molecule has 0 amide bonds. The SMILES string of the molecule is CC.CC.O=[C-]O.[CH3-].[V].[W].[Y].[c-]1ncc(-c2ccccc2)c(-c2ccccc2)n1. The van der Waals surface area contributed by atoms with Crippen LogP contribution in [0.2, 0.25) is 0 Å². The van der Waals surface area contributed by atoms with E-state index in [0.29, 0.717) is 6.47 Å². The standard InChI is InChI=1S/C16H11N2.2C2H6.CHO2.CH3.V.W.Y/c1-3-7-13(8-4-1)15-11-17-12-18-16(15)14-9-5-2-6-10-14;2*1-2;2-1-3;;;;/h1-11H;2*1-2H3;(H,2,3);1H3;;;/q-1;;;2*-1;;;. The maximum atomic E-state index is 8.24. The largest absolute Gasteiger partial charge is 0.665 e. The number of hydrogen-bond acceptors (Lipinski definition) is 3. The van der Waals surface area contributed by atoms with Gasteiger partial charge in [0.05, 0.1) is 0 Å². The summed E-state index contributed by atoms with van der Waals surface area (Å²) >= 11 is 0. The van der Waals surface area contributed by atoms with E-state index in [1.165, 1.54) is 0 Å². The minimum Gasteiger partial charge on any atom is -0.665 e. The van der Waals surface area contributed by atoms with Gasteiger partial charge in [0.1, 0.15) is 0 Å². The summed E-state index contributed by atoms with van der Waals surface area (Å²) in [5, 5.41) is 6.76. The molecular weight excluding hydrogens is 648 g/mol. The first kappa shape index (κ1) is 38.9. The van der Waals surface area contributed by atoms with E-state index in [-0.39, 0.29) is 79.8 Å². The van der Waals surface area contributed by atoms with Crippen molar-refractivity contribution in [3.8, 4) is 22.4 Å². The van der Waals surface area contributed by atoms with Gasteiger partial charge in [0, 0.05) is 78.7 Å². The summed E-state index contributed by atoms with van der Waals surface area (Å²) in [6, 6.07) is 20.2. The number of benzene rings is 2. The van der Waals surface area contributed by atoms with E-state index in [4.69, 9.17) is 9.90 Å². The molecule has 2 radical (unpaired) electrons. The molecule has 0 saturated heterocycles. The van der Waals surface area contributed by atoms with Crippen LogP contribution >= 0.6 is 0 Å². The van der Waals surface area contributed by atoms with E-state index in [1.54, 1.807) is 0 Å². The number of hydrogen-bond donors (Lipinski definition) is 1. The fraction of sp³-hybridized carbons (Fsp3) is 0.182. The van der Waals surface area contributed by atoms with Crippen LogP contribution in [0.1, 0.15) is 27.7 Å². The van der Waals surface area contributed by atoms with Gasteiger partial charge in [0.25, 0.3) is 0 Å². The van der Waals surface area contributed by atoms with Gasteiger partial charge in [-0.1, -0.05) is 112 Å². The van der Waals surface area contributed by atoms with Gasteiger partial charge in [0.15, 0.2) is 0 Å². The molecule has 7 heteroatoms. The number of aliphatic hydroxyl groups excluding tert-OH is 1. The maximum Gasteiger partial charge on any atom is 0.0219 e. The van der Waals surface area contributed by atoms with E-state index in [2.05, 4.69) is 28.4 Å². The van der Waals surface area contributed by atoms with E-state index >= 15 is 0 Å². The van der Waals surface area contributed by atoms with Gasteiger partial charge in [-0.15, -0.1) is 0 Å². The van der Waals surface area contributed by atoms with Gasteiger partial charge in [-0.2, -0.15) is 0 Å². The molecule has 0 bridgehead atoms. The summed E-state index contributed by atoms with van der Waals surface area (Å²) in [4.78, 5) is 16.5. The summed E-state index contributed by atoms with van der Waals surface area (Å²) in [7, 11) is 0. The quantitative estimate of drug-likeness (QED) is 0.354. The second-order valence-electron chi connectivity index (χ2n) is 4.06. The third-order valence-corrected chi connectivity index (χ3v) is 2.80. The van der Waals surface area contributed by atoms with Crippen LogP contribution in [0.15, 0.2) is 66.9 Å². The fourth-order valence-electron chi connectivity index (χ4n) is 1.94. The van der Waals surface area contributed by atoms with Crippen LogP contribution in [0.4, 0.5) is 0 Å². The molecule has 3 aromatic rings. The molecule has 0 unspecified atom stereocenters. The first-order chi connectivity index (χ1) is 12.4. The van der Waals surface area contributed by atoms with E-state index in [9.17, 15) is 0 Å². The summed E-state index contributed by atoms with van der Waals surface area (Å²) in [6.45, 7) is 8.50. The Morgan fingerprint density at radius 2 is 1.24 bits per heavy atom. The summed E-state index contributed by atoms with van der Waals surface area (Å²) in [5.74, 6) is 0. The third kappa shape index (κ3) is 14.9. The normalized spacial score (nSPS) is 7.17. The Bertz CT molecular complexity index is 647. The minimum atomic E-state index is 0. The Morgan fingerprint density at radius 3 is 1.66 bits per heavy atom. The molecule has 0 atom stereocenters. The van der Waals surface area contributed by atoms with Crippen molar-refractivity contribution < 1.29 is 82.2 Å². The molecular formula is C22H27N2O2VWY-3. The van der Waals surface area contributed by atoms with Crippen LogP contribution in [0.3, 0.4) is 0 Å². The van der Waals surface area contributed by atoms with Gasteiger partial charge in [0.2, 0.25) is 0 Å². The molecule has 0 aliphatic rings. The molecule has 1 heterocycles. The van der Waals surface area contributed by atoms with Crippen molar-refractivity contribution in [3.05, 3.63) is 80.6 Å². The zero-order valence-corrected chi connectivity index (χ0v) is 24.7. The molecule has 1 N–H and O–H groups in total. The molecule has 3 rings (SSSR count). The van der Waals surface area contributed by atoms with Gasteiger partial charge >= 0.3 is 0 Å². The average molecular weight is 675 g/mol. The van der Waals surface area contributed by atoms with Crippen molar-refractivity contribution in [2.45, 2.75) is 27.7 Å². The van der Waals surface area contributed by atoms with Crippen molar-refractivity contribution in [2.24, 2.45) is 0 Å². The van der Waals surface area contributed by atoms with Crippen molar-refractivity contribution in [1.82, 2.24) is 9.97 Å². The van der Waals surface area contributed by atoms with Crippen molar-refractivity contribution in [1.29, 1.82) is 0 Å². The fourth-order valence-corrected chi connectivity index (χ4v) is 1.94. The average Bonchev–Trinajstić information content (AvgIpc) is 2.73. The first-order valence-corrected chi connectivity index (χ1v) is 8.22. The second-order valence-corrected chi connectivity index (χ2v) is 4.06. The van der Waals surface area contributed by atoms with Crippen LogP contribution in [-0.4, -0.2) is 21.5 Å². The van der Waals surface area contributed by atoms with Crippen LogP contribution < -0.4 is 0 Å². The first-order valence-electron chi connectivity index (χ1n) is 8.22.